The van der Waals surface area contributed by atoms with Crippen LogP contribution in [0.15, 0.2) is 36.3 Å². The monoisotopic (exact) mass is 275 g/mol. The number of nitrogens with two attached hydrogens (primary N) is 1. The molecule has 0 aromatic carbocycles. The number of hydrogen-bond acceptors (Lipinski definition) is 5. The van der Waals surface area contributed by atoms with Gasteiger partial charge in [-0.1, -0.05) is 38.2 Å². The largest absolute Gasteiger partial charge is 0.379 e. The minimum atomic E-state index is 0.341. The molecule has 3 rings (SSSR count). The summed E-state index contributed by atoms with van der Waals surface area (Å²) in [6.45, 7) is 7.33. The van der Waals surface area contributed by atoms with E-state index in [2.05, 4.69) is 59.9 Å². The lowest BCUT2D eigenvalue weighted by Crippen LogP contribution is -2.60. The summed E-state index contributed by atoms with van der Waals surface area (Å²) in [7, 11) is 0. The fourth-order valence-electron chi connectivity index (χ4n) is 3.11. The van der Waals surface area contributed by atoms with Gasteiger partial charge in [0, 0.05) is 31.9 Å². The number of piperazine rings is 1. The van der Waals surface area contributed by atoms with Crippen LogP contribution in [0.5, 0.6) is 0 Å². The van der Waals surface area contributed by atoms with E-state index in [1.54, 1.807) is 0 Å². The molecule has 4 N–H and O–H groups in total. The summed E-state index contributed by atoms with van der Waals surface area (Å²) in [5.41, 5.74) is 0. The van der Waals surface area contributed by atoms with Crippen molar-refractivity contribution in [2.75, 3.05) is 19.6 Å². The molecule has 3 atom stereocenters. The number of hydrogen-bond donors (Lipinski definition) is 3. The number of hydrazine groups is 1. The normalized spacial score (nSPS) is 33.5. The molecule has 2 unspecified atom stereocenters. The summed E-state index contributed by atoms with van der Waals surface area (Å²) in [6, 6.07) is 1.11. The second kappa shape index (κ2) is 5.50. The Balaban J connectivity index is 1.69. The van der Waals surface area contributed by atoms with Gasteiger partial charge < -0.3 is 15.5 Å². The van der Waals surface area contributed by atoms with E-state index < -0.39 is 0 Å². The highest BCUT2D eigenvalue weighted by Gasteiger charge is 2.31. The predicted molar refractivity (Wildman–Crippen MR) is 81.3 cm³/mol. The van der Waals surface area contributed by atoms with Crippen LogP contribution in [-0.4, -0.2) is 47.7 Å². The minimum absolute atomic E-state index is 0.341. The molecule has 0 amide bonds. The second-order valence-electron chi connectivity index (χ2n) is 6.16. The summed E-state index contributed by atoms with van der Waals surface area (Å²) >= 11 is 0. The van der Waals surface area contributed by atoms with E-state index in [1.165, 1.54) is 5.82 Å². The van der Waals surface area contributed by atoms with Crippen molar-refractivity contribution in [2.24, 2.45) is 11.8 Å². The molecule has 2 aliphatic heterocycles. The smallest absolute Gasteiger partial charge is 0.118 e. The predicted octanol–water partition coefficient (Wildman–Crippen LogP) is 0.357. The van der Waals surface area contributed by atoms with Crippen LogP contribution in [-0.2, 0) is 0 Å². The van der Waals surface area contributed by atoms with Gasteiger partial charge in [0.05, 0.1) is 12.1 Å². The molecule has 20 heavy (non-hydrogen) atoms. The molecule has 0 aromatic heterocycles. The van der Waals surface area contributed by atoms with E-state index in [9.17, 15) is 0 Å². The van der Waals surface area contributed by atoms with Gasteiger partial charge in [0.2, 0.25) is 0 Å². The highest BCUT2D eigenvalue weighted by molar-refractivity contribution is 5.25. The number of nitrogens with zero attached hydrogens (tertiary/aromatic N) is 2. The first-order valence-electron chi connectivity index (χ1n) is 7.49. The first-order chi connectivity index (χ1) is 9.65. The lowest BCUT2D eigenvalue weighted by atomic mass is 10.00. The Morgan fingerprint density at radius 2 is 1.95 bits per heavy atom. The third kappa shape index (κ3) is 2.55. The van der Waals surface area contributed by atoms with E-state index in [0.29, 0.717) is 24.0 Å². The molecule has 0 spiro atoms. The average Bonchev–Trinajstić information content (AvgIpc) is 2.47. The highest BCUT2D eigenvalue weighted by Crippen LogP contribution is 2.19. The van der Waals surface area contributed by atoms with Crippen LogP contribution >= 0.6 is 0 Å². The van der Waals surface area contributed by atoms with E-state index in [-0.39, 0.29) is 0 Å². The second-order valence-corrected chi connectivity index (χ2v) is 6.16. The van der Waals surface area contributed by atoms with Crippen LogP contribution in [0.2, 0.25) is 0 Å². The van der Waals surface area contributed by atoms with Gasteiger partial charge in [-0.15, -0.1) is 0 Å². The van der Waals surface area contributed by atoms with Gasteiger partial charge in [-0.05, 0) is 5.92 Å². The third-order valence-electron chi connectivity index (χ3n) is 4.43. The molecular weight excluding hydrogens is 250 g/mol. The van der Waals surface area contributed by atoms with E-state index in [0.717, 1.165) is 19.6 Å². The highest BCUT2D eigenvalue weighted by atomic mass is 15.5. The molecule has 0 bridgehead atoms. The zero-order valence-corrected chi connectivity index (χ0v) is 12.3. The Morgan fingerprint density at radius 3 is 2.70 bits per heavy atom. The zero-order chi connectivity index (χ0) is 14.1. The fraction of sp³-hybridized carbons (Fsp3) is 0.600. The fourth-order valence-corrected chi connectivity index (χ4v) is 3.11. The SMILES string of the molecule is CC(C)[C@@H]1CN(C2=CNC3C=CC=CC3N2)CCN1N. The van der Waals surface area contributed by atoms with Gasteiger partial charge in [0.25, 0.3) is 0 Å². The van der Waals surface area contributed by atoms with Crippen molar-refractivity contribution < 1.29 is 0 Å². The van der Waals surface area contributed by atoms with Crippen LogP contribution < -0.4 is 16.5 Å². The molecule has 0 radical (unpaired) electrons. The maximum absolute atomic E-state index is 6.11. The summed E-state index contributed by atoms with van der Waals surface area (Å²) in [5.74, 6) is 7.85. The summed E-state index contributed by atoms with van der Waals surface area (Å²) in [5, 5.41) is 9.09. The zero-order valence-electron chi connectivity index (χ0n) is 12.3. The molecule has 110 valence electrons. The van der Waals surface area contributed by atoms with Gasteiger partial charge in [0.1, 0.15) is 5.82 Å². The van der Waals surface area contributed by atoms with Gasteiger partial charge in [-0.3, -0.25) is 5.84 Å². The molecule has 3 aliphatic rings. The summed E-state index contributed by atoms with van der Waals surface area (Å²) in [6.07, 6.45) is 10.7. The Morgan fingerprint density at radius 1 is 1.20 bits per heavy atom. The molecule has 1 aliphatic carbocycles. The van der Waals surface area contributed by atoms with Crippen LogP contribution in [0, 0.1) is 5.92 Å². The van der Waals surface area contributed by atoms with Gasteiger partial charge in [-0.25, -0.2) is 5.01 Å². The van der Waals surface area contributed by atoms with Crippen molar-refractivity contribution in [2.45, 2.75) is 32.0 Å². The first-order valence-corrected chi connectivity index (χ1v) is 7.49. The maximum atomic E-state index is 6.11. The number of fused-ring (bicyclic) bond motifs is 1. The van der Waals surface area contributed by atoms with Gasteiger partial charge >= 0.3 is 0 Å². The van der Waals surface area contributed by atoms with Crippen molar-refractivity contribution in [3.63, 3.8) is 0 Å². The molecule has 0 aromatic rings. The lowest BCUT2D eigenvalue weighted by Gasteiger charge is -2.45. The van der Waals surface area contributed by atoms with Gasteiger partial charge in [-0.2, -0.15) is 0 Å². The summed E-state index contributed by atoms with van der Waals surface area (Å²) in [4.78, 5) is 2.41. The van der Waals surface area contributed by atoms with Gasteiger partial charge in [0.15, 0.2) is 0 Å². The quantitative estimate of drug-likeness (QED) is 0.635. The van der Waals surface area contributed by atoms with Crippen molar-refractivity contribution in [1.82, 2.24) is 20.5 Å². The standard InChI is InChI=1S/C15H25N5/c1-11(2)14-10-19(7-8-20(14)16)15-9-17-12-5-3-4-6-13(12)18-15/h3-6,9,11-14,17-18H,7-8,10,16H2,1-2H3/t12?,13?,14-/m0/s1. The molecule has 5 heteroatoms. The molecule has 1 fully saturated rings. The molecule has 1 saturated heterocycles. The van der Waals surface area contributed by atoms with Crippen molar-refractivity contribution in [1.29, 1.82) is 0 Å². The molecule has 0 saturated carbocycles. The Kier molecular flexibility index (Phi) is 3.72. The summed E-state index contributed by atoms with van der Waals surface area (Å²) < 4.78 is 0. The van der Waals surface area contributed by atoms with Crippen LogP contribution in [0.3, 0.4) is 0 Å². The number of rotatable bonds is 2. The van der Waals surface area contributed by atoms with E-state index >= 15 is 0 Å². The van der Waals surface area contributed by atoms with Crippen molar-refractivity contribution in [3.8, 4) is 0 Å². The minimum Gasteiger partial charge on any atom is -0.379 e. The Hall–Kier alpha value is -1.46. The maximum Gasteiger partial charge on any atom is 0.118 e. The number of allylic oxidation sites excluding steroid dienone is 2. The first kappa shape index (κ1) is 13.5. The van der Waals surface area contributed by atoms with Crippen molar-refractivity contribution in [3.05, 3.63) is 36.3 Å². The average molecular weight is 275 g/mol. The molecule has 2 heterocycles. The van der Waals surface area contributed by atoms with Crippen LogP contribution in [0.4, 0.5) is 0 Å². The molecular formula is C15H25N5. The van der Waals surface area contributed by atoms with E-state index in [4.69, 9.17) is 5.84 Å². The van der Waals surface area contributed by atoms with Crippen molar-refractivity contribution >= 4 is 0 Å². The topological polar surface area (TPSA) is 56.6 Å². The Bertz CT molecular complexity index is 440. The lowest BCUT2D eigenvalue weighted by molar-refractivity contribution is 0.0612. The van der Waals surface area contributed by atoms with Crippen LogP contribution in [0.25, 0.3) is 0 Å². The number of nitrogens with one attached hydrogen (secondary N) is 2. The van der Waals surface area contributed by atoms with Crippen LogP contribution in [0.1, 0.15) is 13.8 Å². The van der Waals surface area contributed by atoms with E-state index in [1.807, 2.05) is 5.01 Å². The molecule has 5 nitrogen and oxygen atoms in total. The Labute approximate surface area is 121 Å². The third-order valence-corrected chi connectivity index (χ3v) is 4.43.